The van der Waals surface area contributed by atoms with Gasteiger partial charge in [0.15, 0.2) is 0 Å². The van der Waals surface area contributed by atoms with Crippen molar-refractivity contribution in [2.45, 2.75) is 6.92 Å². The Hall–Kier alpha value is -2.11. The molecule has 2 aromatic rings. The topological polar surface area (TPSA) is 92.0 Å². The fourth-order valence-corrected chi connectivity index (χ4v) is 1.05. The van der Waals surface area contributed by atoms with Crippen molar-refractivity contribution in [2.24, 2.45) is 0 Å². The zero-order valence-electron chi connectivity index (χ0n) is 7.31. The summed E-state index contributed by atoms with van der Waals surface area (Å²) in [7, 11) is 0. The van der Waals surface area contributed by atoms with Crippen molar-refractivity contribution >= 4 is 5.97 Å². The van der Waals surface area contributed by atoms with Gasteiger partial charge in [-0.15, -0.1) is 0 Å². The molecule has 0 bridgehead atoms. The first-order valence-electron chi connectivity index (χ1n) is 3.89. The molecule has 0 aromatic carbocycles. The number of aromatic nitrogens is 3. The molecule has 6 heteroatoms. The van der Waals surface area contributed by atoms with Gasteiger partial charge < -0.3 is 14.6 Å². The average Bonchev–Trinajstić information content (AvgIpc) is 2.70. The third-order valence-electron chi connectivity index (χ3n) is 1.70. The number of aromatic carboxylic acids is 1. The molecule has 2 heterocycles. The van der Waals surface area contributed by atoms with Gasteiger partial charge in [-0.3, -0.25) is 0 Å². The molecule has 0 aliphatic rings. The summed E-state index contributed by atoms with van der Waals surface area (Å²) in [5, 5.41) is 12.2. The molecule has 0 saturated heterocycles. The Morgan fingerprint density at radius 2 is 2.43 bits per heavy atom. The van der Waals surface area contributed by atoms with E-state index in [1.54, 1.807) is 13.1 Å². The molecule has 0 saturated carbocycles. The molecular formula is C8H7N3O3. The van der Waals surface area contributed by atoms with Gasteiger partial charge in [-0.2, -0.15) is 0 Å². The molecule has 0 fully saturated rings. The van der Waals surface area contributed by atoms with Gasteiger partial charge in [-0.05, 0) is 6.92 Å². The highest BCUT2D eigenvalue weighted by molar-refractivity contribution is 5.85. The van der Waals surface area contributed by atoms with Crippen molar-refractivity contribution < 1.29 is 14.4 Å². The number of nitrogens with one attached hydrogen (secondary N) is 1. The monoisotopic (exact) mass is 193 g/mol. The number of aromatic amines is 1. The summed E-state index contributed by atoms with van der Waals surface area (Å²) in [6.45, 7) is 1.79. The van der Waals surface area contributed by atoms with E-state index >= 15 is 0 Å². The van der Waals surface area contributed by atoms with Crippen molar-refractivity contribution in [2.75, 3.05) is 0 Å². The second-order valence-corrected chi connectivity index (χ2v) is 2.76. The minimum Gasteiger partial charge on any atom is -0.475 e. The zero-order chi connectivity index (χ0) is 10.1. The minimum absolute atomic E-state index is 0.188. The lowest BCUT2D eigenvalue weighted by atomic mass is 10.3. The number of hydrogen-bond acceptors (Lipinski definition) is 4. The maximum Gasteiger partial charge on any atom is 0.374 e. The van der Waals surface area contributed by atoms with E-state index in [0.29, 0.717) is 11.4 Å². The molecule has 2 rings (SSSR count). The number of carbonyl (C=O) groups is 1. The Morgan fingerprint density at radius 1 is 1.64 bits per heavy atom. The second-order valence-electron chi connectivity index (χ2n) is 2.76. The van der Waals surface area contributed by atoms with Crippen molar-refractivity contribution in [1.82, 2.24) is 15.1 Å². The highest BCUT2D eigenvalue weighted by Crippen LogP contribution is 2.16. The van der Waals surface area contributed by atoms with Gasteiger partial charge in [0.05, 0.1) is 11.9 Å². The van der Waals surface area contributed by atoms with Gasteiger partial charge in [0.1, 0.15) is 11.5 Å². The van der Waals surface area contributed by atoms with Gasteiger partial charge in [-0.1, -0.05) is 5.16 Å². The first-order chi connectivity index (χ1) is 6.66. The molecule has 0 atom stereocenters. The van der Waals surface area contributed by atoms with E-state index < -0.39 is 5.97 Å². The van der Waals surface area contributed by atoms with Crippen molar-refractivity contribution in [1.29, 1.82) is 0 Å². The van der Waals surface area contributed by atoms with Crippen LogP contribution in [0.2, 0.25) is 0 Å². The SMILES string of the molecule is Cc1ncc(-c2cc(C(=O)O)on2)[nH]1. The Bertz CT molecular complexity index is 472. The largest absolute Gasteiger partial charge is 0.475 e. The van der Waals surface area contributed by atoms with E-state index in [4.69, 9.17) is 5.11 Å². The van der Waals surface area contributed by atoms with Crippen LogP contribution in [0.3, 0.4) is 0 Å². The van der Waals surface area contributed by atoms with Crippen LogP contribution in [-0.2, 0) is 0 Å². The van der Waals surface area contributed by atoms with E-state index in [1.807, 2.05) is 0 Å². The molecule has 72 valence electrons. The predicted molar refractivity (Wildman–Crippen MR) is 45.8 cm³/mol. The highest BCUT2D eigenvalue weighted by atomic mass is 16.5. The number of carboxylic acids is 1. The number of imidazole rings is 1. The summed E-state index contributed by atoms with van der Waals surface area (Å²) in [6.07, 6.45) is 1.57. The molecule has 0 spiro atoms. The van der Waals surface area contributed by atoms with Gasteiger partial charge >= 0.3 is 5.97 Å². The molecule has 2 aromatic heterocycles. The summed E-state index contributed by atoms with van der Waals surface area (Å²) < 4.78 is 4.59. The third-order valence-corrected chi connectivity index (χ3v) is 1.70. The van der Waals surface area contributed by atoms with Crippen molar-refractivity contribution in [3.8, 4) is 11.4 Å². The van der Waals surface area contributed by atoms with E-state index in [0.717, 1.165) is 5.82 Å². The van der Waals surface area contributed by atoms with Crippen molar-refractivity contribution in [3.05, 3.63) is 23.8 Å². The van der Waals surface area contributed by atoms with E-state index in [1.165, 1.54) is 6.07 Å². The maximum absolute atomic E-state index is 10.5. The van der Waals surface area contributed by atoms with Crippen LogP contribution in [0.25, 0.3) is 11.4 Å². The quantitative estimate of drug-likeness (QED) is 0.744. The third kappa shape index (κ3) is 1.37. The normalized spacial score (nSPS) is 10.4. The highest BCUT2D eigenvalue weighted by Gasteiger charge is 2.13. The smallest absolute Gasteiger partial charge is 0.374 e. The number of H-pyrrole nitrogens is 1. The lowest BCUT2D eigenvalue weighted by molar-refractivity contribution is 0.0652. The van der Waals surface area contributed by atoms with E-state index in [2.05, 4.69) is 19.6 Å². The molecule has 0 radical (unpaired) electrons. The van der Waals surface area contributed by atoms with Crippen LogP contribution in [0.15, 0.2) is 16.8 Å². The molecule has 0 amide bonds. The van der Waals surface area contributed by atoms with Crippen LogP contribution < -0.4 is 0 Å². The molecular weight excluding hydrogens is 186 g/mol. The Kier molecular flexibility index (Phi) is 1.81. The molecule has 14 heavy (non-hydrogen) atoms. The van der Waals surface area contributed by atoms with Crippen LogP contribution in [0.5, 0.6) is 0 Å². The number of nitrogens with zero attached hydrogens (tertiary/aromatic N) is 2. The molecule has 0 aliphatic heterocycles. The van der Waals surface area contributed by atoms with Gasteiger partial charge in [-0.25, -0.2) is 9.78 Å². The summed E-state index contributed by atoms with van der Waals surface area (Å²) in [6, 6.07) is 1.34. The van der Waals surface area contributed by atoms with Crippen LogP contribution in [0.4, 0.5) is 0 Å². The van der Waals surface area contributed by atoms with Gasteiger partial charge in [0.2, 0.25) is 5.76 Å². The van der Waals surface area contributed by atoms with Gasteiger partial charge in [0.25, 0.3) is 0 Å². The first kappa shape index (κ1) is 8.49. The van der Waals surface area contributed by atoms with Crippen LogP contribution in [-0.4, -0.2) is 26.2 Å². The first-order valence-corrected chi connectivity index (χ1v) is 3.89. The molecule has 6 nitrogen and oxygen atoms in total. The summed E-state index contributed by atoms with van der Waals surface area (Å²) >= 11 is 0. The molecule has 0 unspecified atom stereocenters. The standard InChI is InChI=1S/C8H7N3O3/c1-4-9-3-6(10-4)5-2-7(8(12)13)14-11-5/h2-3H,1H3,(H,9,10)(H,12,13). The Morgan fingerprint density at radius 3 is 2.93 bits per heavy atom. The molecule has 2 N–H and O–H groups in total. The minimum atomic E-state index is -1.14. The number of carboxylic acid groups (broad SMARTS) is 1. The lowest BCUT2D eigenvalue weighted by Gasteiger charge is -1.84. The lowest BCUT2D eigenvalue weighted by Crippen LogP contribution is -1.91. The summed E-state index contributed by atoms with van der Waals surface area (Å²) in [5.41, 5.74) is 1.07. The fourth-order valence-electron chi connectivity index (χ4n) is 1.05. The maximum atomic E-state index is 10.5. The fraction of sp³-hybridized carbons (Fsp3) is 0.125. The second kappa shape index (κ2) is 2.99. The van der Waals surface area contributed by atoms with E-state index in [9.17, 15) is 4.79 Å². The number of aryl methyl sites for hydroxylation is 1. The average molecular weight is 193 g/mol. The van der Waals surface area contributed by atoms with Crippen LogP contribution >= 0.6 is 0 Å². The van der Waals surface area contributed by atoms with Gasteiger partial charge in [0, 0.05) is 6.07 Å². The zero-order valence-corrected chi connectivity index (χ0v) is 7.31. The van der Waals surface area contributed by atoms with Crippen molar-refractivity contribution in [3.63, 3.8) is 0 Å². The molecule has 0 aliphatic carbocycles. The Balaban J connectivity index is 2.38. The van der Waals surface area contributed by atoms with Crippen LogP contribution in [0, 0.1) is 6.92 Å². The summed E-state index contributed by atoms with van der Waals surface area (Å²) in [4.78, 5) is 17.4. The predicted octanol–water partition coefficient (Wildman–Crippen LogP) is 1.07. The van der Waals surface area contributed by atoms with Crippen LogP contribution in [0.1, 0.15) is 16.4 Å². The summed E-state index contributed by atoms with van der Waals surface area (Å²) in [5.74, 6) is -0.591. The Labute approximate surface area is 78.6 Å². The van der Waals surface area contributed by atoms with E-state index in [-0.39, 0.29) is 5.76 Å². The number of hydrogen-bond donors (Lipinski definition) is 2. The number of rotatable bonds is 2.